The summed E-state index contributed by atoms with van der Waals surface area (Å²) < 4.78 is 84.6. The van der Waals surface area contributed by atoms with Gasteiger partial charge in [-0.05, 0) is 30.7 Å². The van der Waals surface area contributed by atoms with Crippen LogP contribution < -0.4 is 10.1 Å². The molecule has 8 nitrogen and oxygen atoms in total. The maximum absolute atomic E-state index is 14.2. The zero-order valence-corrected chi connectivity index (χ0v) is 19.2. The highest BCUT2D eigenvalue weighted by molar-refractivity contribution is 5.97. The third kappa shape index (κ3) is 6.01. The van der Waals surface area contributed by atoms with Crippen molar-refractivity contribution in [2.75, 3.05) is 18.4 Å². The van der Waals surface area contributed by atoms with Crippen LogP contribution in [0.2, 0.25) is 0 Å². The Morgan fingerprint density at radius 2 is 1.84 bits per heavy atom. The number of allylic oxidation sites excluding steroid dienone is 2. The third-order valence-electron chi connectivity index (χ3n) is 5.52. The number of amides is 2. The van der Waals surface area contributed by atoms with Crippen molar-refractivity contribution < 1.29 is 35.9 Å². The van der Waals surface area contributed by atoms with Crippen molar-refractivity contribution in [3.05, 3.63) is 65.3 Å². The summed E-state index contributed by atoms with van der Waals surface area (Å²) in [6.07, 6.45) is -2.28. The molecule has 0 unspecified atom stereocenters. The lowest BCUT2D eigenvalue weighted by molar-refractivity contribution is -0.0584. The molecule has 1 atom stereocenters. The molecule has 0 radical (unpaired) electrons. The Morgan fingerprint density at radius 3 is 2.49 bits per heavy atom. The maximum Gasteiger partial charge on any atom is 0.432 e. The standard InChI is InChI=1S/C23H20F6N6O2/c1-12(4-20(30)23(27,28)29)33-21-8-19(17(26)9-31-21)37-16-10-34(11-16)22(36)35-18(2-3-32-35)13-5-14(24)7-15(25)6-13/h3-9,16,18,30H,2,10-11H2,1H3,(H,31,33)/b12-4-,30-20?/t18-/m0/s1. The van der Waals surface area contributed by atoms with Gasteiger partial charge in [-0.3, -0.25) is 5.41 Å². The van der Waals surface area contributed by atoms with E-state index in [1.54, 1.807) is 0 Å². The number of hydrogen-bond acceptors (Lipinski definition) is 6. The van der Waals surface area contributed by atoms with Crippen LogP contribution in [-0.4, -0.2) is 58.2 Å². The molecule has 1 fully saturated rings. The predicted octanol–water partition coefficient (Wildman–Crippen LogP) is 5.01. The molecule has 1 aromatic heterocycles. The van der Waals surface area contributed by atoms with Gasteiger partial charge in [0.05, 0.1) is 25.3 Å². The van der Waals surface area contributed by atoms with Crippen LogP contribution in [0.4, 0.5) is 37.0 Å². The summed E-state index contributed by atoms with van der Waals surface area (Å²) >= 11 is 0. The number of halogens is 6. The normalized spacial score (nSPS) is 18.1. The number of ether oxygens (including phenoxy) is 1. The van der Waals surface area contributed by atoms with Crippen molar-refractivity contribution in [3.63, 3.8) is 0 Å². The number of carbonyl (C=O) groups is 1. The highest BCUT2D eigenvalue weighted by Crippen LogP contribution is 2.32. The summed E-state index contributed by atoms with van der Waals surface area (Å²) in [5, 5.41) is 14.7. The Bertz CT molecular complexity index is 1250. The van der Waals surface area contributed by atoms with E-state index in [1.165, 1.54) is 18.0 Å². The monoisotopic (exact) mass is 526 g/mol. The maximum atomic E-state index is 14.2. The second kappa shape index (κ2) is 10.1. The lowest BCUT2D eigenvalue weighted by atomic mass is 10.0. The molecule has 1 aromatic carbocycles. The largest absolute Gasteiger partial charge is 0.483 e. The van der Waals surface area contributed by atoms with Gasteiger partial charge >= 0.3 is 12.2 Å². The number of urea groups is 1. The summed E-state index contributed by atoms with van der Waals surface area (Å²) in [5.41, 5.74) is -1.36. The van der Waals surface area contributed by atoms with Crippen LogP contribution in [0.15, 0.2) is 47.3 Å². The smallest absolute Gasteiger partial charge is 0.432 e. The lowest BCUT2D eigenvalue weighted by Crippen LogP contribution is -2.58. The Balaban J connectivity index is 1.36. The number of pyridine rings is 1. The molecule has 0 spiro atoms. The van der Waals surface area contributed by atoms with E-state index in [0.717, 1.165) is 35.5 Å². The van der Waals surface area contributed by atoms with Crippen molar-refractivity contribution in [1.29, 1.82) is 5.41 Å². The van der Waals surface area contributed by atoms with Crippen LogP contribution in [0, 0.1) is 22.9 Å². The minimum Gasteiger partial charge on any atom is -0.483 e. The Hall–Kier alpha value is -4.10. The molecule has 2 aromatic rings. The van der Waals surface area contributed by atoms with E-state index < -0.39 is 47.5 Å². The van der Waals surface area contributed by atoms with Crippen molar-refractivity contribution >= 4 is 23.8 Å². The number of nitrogens with zero attached hydrogens (tertiary/aromatic N) is 4. The van der Waals surface area contributed by atoms with E-state index in [0.29, 0.717) is 6.08 Å². The van der Waals surface area contributed by atoms with Crippen LogP contribution in [0.1, 0.15) is 24.9 Å². The van der Waals surface area contributed by atoms with Crippen LogP contribution >= 0.6 is 0 Å². The Morgan fingerprint density at radius 1 is 1.16 bits per heavy atom. The molecule has 2 N–H and O–H groups in total. The van der Waals surface area contributed by atoms with E-state index in [9.17, 15) is 31.1 Å². The first-order chi connectivity index (χ1) is 17.4. The molecule has 3 heterocycles. The van der Waals surface area contributed by atoms with E-state index >= 15 is 0 Å². The molecule has 2 aliphatic rings. The zero-order chi connectivity index (χ0) is 26.9. The van der Waals surface area contributed by atoms with Crippen LogP contribution in [0.3, 0.4) is 0 Å². The van der Waals surface area contributed by atoms with Gasteiger partial charge in [0.25, 0.3) is 0 Å². The van der Waals surface area contributed by atoms with Crippen molar-refractivity contribution in [2.24, 2.45) is 5.10 Å². The average molecular weight is 526 g/mol. The third-order valence-corrected chi connectivity index (χ3v) is 5.52. The van der Waals surface area contributed by atoms with Gasteiger partial charge in [-0.25, -0.2) is 28.0 Å². The van der Waals surface area contributed by atoms with Gasteiger partial charge < -0.3 is 15.0 Å². The summed E-state index contributed by atoms with van der Waals surface area (Å²) in [6.45, 7) is 1.43. The summed E-state index contributed by atoms with van der Waals surface area (Å²) in [5.74, 6) is -2.62. The lowest BCUT2D eigenvalue weighted by Gasteiger charge is -2.41. The predicted molar refractivity (Wildman–Crippen MR) is 121 cm³/mol. The molecule has 0 saturated carbocycles. The van der Waals surface area contributed by atoms with E-state index in [2.05, 4.69) is 15.4 Å². The molecular formula is C23H20F6N6O2. The molecular weight excluding hydrogens is 506 g/mol. The van der Waals surface area contributed by atoms with E-state index in [4.69, 9.17) is 10.1 Å². The Labute approximate surface area is 206 Å². The first-order valence-electron chi connectivity index (χ1n) is 10.9. The molecule has 4 rings (SSSR count). The SMILES string of the molecule is C/C(=C/C(=N)C(F)(F)F)Nc1cc(OC2CN(C(=O)N3N=CC[C@H]3c3cc(F)cc(F)c3)C2)c(F)cn1. The number of benzene rings is 1. The quantitative estimate of drug-likeness (QED) is 0.409. The van der Waals surface area contributed by atoms with Crippen molar-refractivity contribution in [3.8, 4) is 5.75 Å². The van der Waals surface area contributed by atoms with Gasteiger partial charge in [-0.2, -0.15) is 18.3 Å². The summed E-state index contributed by atoms with van der Waals surface area (Å²) in [7, 11) is 0. The minimum atomic E-state index is -4.81. The van der Waals surface area contributed by atoms with Gasteiger partial charge in [-0.1, -0.05) is 0 Å². The van der Waals surface area contributed by atoms with Gasteiger partial charge in [0.1, 0.15) is 29.3 Å². The molecule has 14 heteroatoms. The van der Waals surface area contributed by atoms with Crippen molar-refractivity contribution in [1.82, 2.24) is 14.9 Å². The fourth-order valence-electron chi connectivity index (χ4n) is 3.75. The number of alkyl halides is 3. The second-order valence-electron chi connectivity index (χ2n) is 8.39. The first-order valence-corrected chi connectivity index (χ1v) is 10.9. The van der Waals surface area contributed by atoms with Crippen molar-refractivity contribution in [2.45, 2.75) is 31.7 Å². The fraction of sp³-hybridized carbons (Fsp3) is 0.304. The van der Waals surface area contributed by atoms with Crippen LogP contribution in [0.5, 0.6) is 5.75 Å². The molecule has 0 bridgehead atoms. The number of nitrogens with one attached hydrogen (secondary N) is 2. The number of likely N-dealkylation sites (tertiary alicyclic amines) is 1. The molecule has 37 heavy (non-hydrogen) atoms. The number of anilines is 1. The van der Waals surface area contributed by atoms with Crippen LogP contribution in [0.25, 0.3) is 0 Å². The Kier molecular flexibility index (Phi) is 7.09. The molecule has 1 saturated heterocycles. The van der Waals surface area contributed by atoms with E-state index in [1.807, 2.05) is 0 Å². The van der Waals surface area contributed by atoms with Crippen LogP contribution in [-0.2, 0) is 0 Å². The minimum absolute atomic E-state index is 0.0102. The first kappa shape index (κ1) is 26.0. The zero-order valence-electron chi connectivity index (χ0n) is 19.2. The number of hydrazone groups is 1. The van der Waals surface area contributed by atoms with Gasteiger partial charge in [0.2, 0.25) is 0 Å². The molecule has 0 aliphatic carbocycles. The summed E-state index contributed by atoms with van der Waals surface area (Å²) in [4.78, 5) is 18.0. The topological polar surface area (TPSA) is 93.9 Å². The molecule has 196 valence electrons. The average Bonchev–Trinajstić information content (AvgIpc) is 3.26. The van der Waals surface area contributed by atoms with Gasteiger partial charge in [-0.15, -0.1) is 0 Å². The van der Waals surface area contributed by atoms with Gasteiger partial charge in [0.15, 0.2) is 11.6 Å². The fourth-order valence-corrected chi connectivity index (χ4v) is 3.75. The highest BCUT2D eigenvalue weighted by atomic mass is 19.4. The van der Waals surface area contributed by atoms with E-state index in [-0.39, 0.29) is 42.3 Å². The molecule has 2 aliphatic heterocycles. The number of hydrogen-bond donors (Lipinski definition) is 2. The summed E-state index contributed by atoms with van der Waals surface area (Å²) in [6, 6.07) is 2.94. The second-order valence-corrected chi connectivity index (χ2v) is 8.39. The van der Waals surface area contributed by atoms with Gasteiger partial charge in [0, 0.05) is 30.5 Å². The number of aromatic nitrogens is 1. The highest BCUT2D eigenvalue weighted by Gasteiger charge is 2.39. The number of carbonyl (C=O) groups excluding carboxylic acids is 1. The number of rotatable bonds is 6. The molecule has 2 amide bonds.